The van der Waals surface area contributed by atoms with Gasteiger partial charge in [-0.15, -0.1) is 0 Å². The van der Waals surface area contributed by atoms with Gasteiger partial charge >= 0.3 is 0 Å². The highest BCUT2D eigenvalue weighted by atomic mass is 16.2. The molecule has 5 heteroatoms. The molecule has 5 nitrogen and oxygen atoms in total. The maximum Gasteiger partial charge on any atom is 0.239 e. The second kappa shape index (κ2) is 5.12. The van der Waals surface area contributed by atoms with Crippen LogP contribution in [0.4, 0.5) is 0 Å². The fourth-order valence-corrected chi connectivity index (χ4v) is 2.07. The Morgan fingerprint density at radius 3 is 2.88 bits per heavy atom. The van der Waals surface area contributed by atoms with Gasteiger partial charge < -0.3 is 15.6 Å². The third-order valence-electron chi connectivity index (χ3n) is 2.98. The van der Waals surface area contributed by atoms with E-state index in [9.17, 15) is 4.79 Å². The molecule has 0 aromatic carbocycles. The van der Waals surface area contributed by atoms with Crippen LogP contribution in [-0.2, 0) is 11.2 Å². The zero-order valence-corrected chi connectivity index (χ0v) is 9.35. The van der Waals surface area contributed by atoms with E-state index in [4.69, 9.17) is 5.73 Å². The Morgan fingerprint density at radius 1 is 1.50 bits per heavy atom. The van der Waals surface area contributed by atoms with Crippen molar-refractivity contribution in [3.05, 3.63) is 18.2 Å². The predicted molar refractivity (Wildman–Crippen MR) is 60.7 cm³/mol. The smallest absolute Gasteiger partial charge is 0.239 e. The summed E-state index contributed by atoms with van der Waals surface area (Å²) in [4.78, 5) is 20.7. The second-order valence-electron chi connectivity index (χ2n) is 4.27. The van der Waals surface area contributed by atoms with E-state index in [1.165, 1.54) is 6.42 Å². The van der Waals surface area contributed by atoms with Crippen LogP contribution in [0.25, 0.3) is 0 Å². The molecule has 1 amide bonds. The molecule has 88 valence electrons. The summed E-state index contributed by atoms with van der Waals surface area (Å²) >= 11 is 0. The second-order valence-corrected chi connectivity index (χ2v) is 4.27. The van der Waals surface area contributed by atoms with Crippen molar-refractivity contribution in [3.63, 3.8) is 0 Å². The Balaban J connectivity index is 1.88. The Labute approximate surface area is 95.0 Å². The van der Waals surface area contributed by atoms with Crippen molar-refractivity contribution in [2.24, 2.45) is 5.73 Å². The number of hydrogen-bond donors (Lipinski definition) is 2. The first-order valence-electron chi connectivity index (χ1n) is 5.79. The molecule has 1 aromatic heterocycles. The maximum atomic E-state index is 12.0. The fraction of sp³-hybridized carbons (Fsp3) is 0.636. The molecule has 0 aliphatic carbocycles. The van der Waals surface area contributed by atoms with Crippen molar-refractivity contribution >= 4 is 5.91 Å². The molecule has 0 radical (unpaired) electrons. The molecule has 3 N–H and O–H groups in total. The van der Waals surface area contributed by atoms with Crippen molar-refractivity contribution < 1.29 is 4.79 Å². The number of nitrogens with one attached hydrogen (secondary N) is 1. The Hall–Kier alpha value is -1.36. The molecule has 2 heterocycles. The van der Waals surface area contributed by atoms with Gasteiger partial charge in [0.2, 0.25) is 5.91 Å². The van der Waals surface area contributed by atoms with Crippen LogP contribution < -0.4 is 5.73 Å². The molecule has 0 spiro atoms. The summed E-state index contributed by atoms with van der Waals surface area (Å²) in [6.07, 6.45) is 7.27. The first-order valence-corrected chi connectivity index (χ1v) is 5.79. The van der Waals surface area contributed by atoms with E-state index in [-0.39, 0.29) is 5.91 Å². The standard InChI is InChI=1S/C11H18N4O/c12-10(6-9-7-13-8-14-9)11(16)15-4-2-1-3-5-15/h7-8,10H,1-6,12H2,(H,13,14)/t10-/m0/s1. The zero-order chi connectivity index (χ0) is 11.4. The summed E-state index contributed by atoms with van der Waals surface area (Å²) in [6.45, 7) is 1.71. The minimum absolute atomic E-state index is 0.0642. The van der Waals surface area contributed by atoms with Crippen LogP contribution in [0.5, 0.6) is 0 Å². The number of imidazole rings is 1. The molecule has 1 aromatic rings. The average molecular weight is 222 g/mol. The van der Waals surface area contributed by atoms with Crippen molar-refractivity contribution in [1.29, 1.82) is 0 Å². The van der Waals surface area contributed by atoms with E-state index in [0.29, 0.717) is 6.42 Å². The third kappa shape index (κ3) is 2.61. The average Bonchev–Trinajstić information content (AvgIpc) is 2.82. The van der Waals surface area contributed by atoms with Crippen molar-refractivity contribution in [2.45, 2.75) is 31.7 Å². The SMILES string of the molecule is N[C@@H](Cc1cnc[nH]1)C(=O)N1CCCCC1. The fourth-order valence-electron chi connectivity index (χ4n) is 2.07. The summed E-state index contributed by atoms with van der Waals surface area (Å²) < 4.78 is 0. The summed E-state index contributed by atoms with van der Waals surface area (Å²) in [5.74, 6) is 0.0642. The largest absolute Gasteiger partial charge is 0.348 e. The van der Waals surface area contributed by atoms with Crippen LogP contribution in [-0.4, -0.2) is 39.9 Å². The lowest BCUT2D eigenvalue weighted by atomic mass is 10.1. The summed E-state index contributed by atoms with van der Waals surface area (Å²) in [7, 11) is 0. The Bertz CT molecular complexity index is 330. The number of aromatic nitrogens is 2. The number of hydrogen-bond acceptors (Lipinski definition) is 3. The lowest BCUT2D eigenvalue weighted by Gasteiger charge is -2.28. The molecule has 1 aliphatic heterocycles. The summed E-state index contributed by atoms with van der Waals surface area (Å²) in [5, 5.41) is 0. The number of H-pyrrole nitrogens is 1. The molecule has 1 aliphatic rings. The van der Waals surface area contributed by atoms with Crippen LogP contribution in [0.2, 0.25) is 0 Å². The number of carbonyl (C=O) groups excluding carboxylic acids is 1. The number of rotatable bonds is 3. The number of piperidine rings is 1. The van der Waals surface area contributed by atoms with Gasteiger partial charge in [0.25, 0.3) is 0 Å². The normalized spacial score (nSPS) is 18.4. The topological polar surface area (TPSA) is 75.0 Å². The van der Waals surface area contributed by atoms with Gasteiger partial charge in [0.05, 0.1) is 12.4 Å². The van der Waals surface area contributed by atoms with E-state index in [2.05, 4.69) is 9.97 Å². The molecule has 2 rings (SSSR count). The van der Waals surface area contributed by atoms with Crippen LogP contribution in [0, 0.1) is 0 Å². The maximum absolute atomic E-state index is 12.0. The van der Waals surface area contributed by atoms with E-state index in [0.717, 1.165) is 31.6 Å². The zero-order valence-electron chi connectivity index (χ0n) is 9.35. The van der Waals surface area contributed by atoms with Gasteiger partial charge in [-0.2, -0.15) is 0 Å². The molecule has 0 unspecified atom stereocenters. The van der Waals surface area contributed by atoms with E-state index in [1.807, 2.05) is 4.90 Å². The molecule has 1 saturated heterocycles. The molecular formula is C11H18N4O. The van der Waals surface area contributed by atoms with Gasteiger partial charge in [0.15, 0.2) is 0 Å². The molecule has 1 atom stereocenters. The first kappa shape index (κ1) is 11.1. The number of aromatic amines is 1. The van der Waals surface area contributed by atoms with Crippen molar-refractivity contribution in [3.8, 4) is 0 Å². The molecular weight excluding hydrogens is 204 g/mol. The number of likely N-dealkylation sites (tertiary alicyclic amines) is 1. The summed E-state index contributed by atoms with van der Waals surface area (Å²) in [6, 6.07) is -0.446. The van der Waals surface area contributed by atoms with Crippen molar-refractivity contribution in [2.75, 3.05) is 13.1 Å². The third-order valence-corrected chi connectivity index (χ3v) is 2.98. The van der Waals surface area contributed by atoms with Crippen LogP contribution >= 0.6 is 0 Å². The highest BCUT2D eigenvalue weighted by Crippen LogP contribution is 2.10. The van der Waals surface area contributed by atoms with Crippen LogP contribution in [0.1, 0.15) is 25.0 Å². The van der Waals surface area contributed by atoms with Gasteiger partial charge in [-0.05, 0) is 19.3 Å². The van der Waals surface area contributed by atoms with Gasteiger partial charge in [-0.25, -0.2) is 4.98 Å². The Kier molecular flexibility index (Phi) is 3.56. The van der Waals surface area contributed by atoms with Gasteiger partial charge in [0.1, 0.15) is 0 Å². The van der Waals surface area contributed by atoms with Gasteiger partial charge in [0, 0.05) is 31.4 Å². The van der Waals surface area contributed by atoms with Crippen LogP contribution in [0.15, 0.2) is 12.5 Å². The van der Waals surface area contributed by atoms with E-state index < -0.39 is 6.04 Å². The van der Waals surface area contributed by atoms with Gasteiger partial charge in [-0.3, -0.25) is 4.79 Å². The number of amides is 1. The van der Waals surface area contributed by atoms with Crippen molar-refractivity contribution in [1.82, 2.24) is 14.9 Å². The van der Waals surface area contributed by atoms with Crippen LogP contribution in [0.3, 0.4) is 0 Å². The quantitative estimate of drug-likeness (QED) is 0.772. The predicted octanol–water partition coefficient (Wildman–Crippen LogP) is 0.292. The first-order chi connectivity index (χ1) is 7.77. The molecule has 0 saturated carbocycles. The summed E-state index contributed by atoms with van der Waals surface area (Å²) in [5.41, 5.74) is 6.81. The lowest BCUT2D eigenvalue weighted by molar-refractivity contribution is -0.133. The number of nitrogens with two attached hydrogens (primary N) is 1. The molecule has 0 bridgehead atoms. The number of carbonyl (C=O) groups is 1. The highest BCUT2D eigenvalue weighted by molar-refractivity contribution is 5.82. The van der Waals surface area contributed by atoms with E-state index in [1.54, 1.807) is 12.5 Å². The monoisotopic (exact) mass is 222 g/mol. The minimum Gasteiger partial charge on any atom is -0.348 e. The highest BCUT2D eigenvalue weighted by Gasteiger charge is 2.22. The number of nitrogens with zero attached hydrogens (tertiary/aromatic N) is 2. The minimum atomic E-state index is -0.446. The molecule has 1 fully saturated rings. The molecule has 16 heavy (non-hydrogen) atoms. The van der Waals surface area contributed by atoms with E-state index >= 15 is 0 Å². The lowest BCUT2D eigenvalue weighted by Crippen LogP contribution is -2.46. The Morgan fingerprint density at radius 2 is 2.25 bits per heavy atom. The van der Waals surface area contributed by atoms with Gasteiger partial charge in [-0.1, -0.05) is 0 Å².